The third kappa shape index (κ3) is 3.05. The average molecular weight is 342 g/mol. The molecule has 22 heavy (non-hydrogen) atoms. The summed E-state index contributed by atoms with van der Waals surface area (Å²) < 4.78 is 108. The van der Waals surface area contributed by atoms with Crippen LogP contribution in [0.4, 0.5) is 30.7 Å². The third-order valence-corrected chi connectivity index (χ3v) is 3.72. The van der Waals surface area contributed by atoms with Gasteiger partial charge in [0.25, 0.3) is 0 Å². The number of halogens is 7. The number of hydrogen-bond acceptors (Lipinski definition) is 3. The van der Waals surface area contributed by atoms with Gasteiger partial charge in [0.1, 0.15) is 6.79 Å². The number of ether oxygens (including phenoxy) is 3. The molecule has 0 bridgehead atoms. The summed E-state index contributed by atoms with van der Waals surface area (Å²) in [5, 5.41) is 0. The predicted octanol–water partition coefficient (Wildman–Crippen LogP) is 3.42. The molecule has 3 nitrogen and oxygen atoms in total. The van der Waals surface area contributed by atoms with Crippen molar-refractivity contribution in [1.82, 2.24) is 0 Å². The lowest BCUT2D eigenvalue weighted by molar-refractivity contribution is -0.357. The molecule has 0 aromatic heterocycles. The maximum Gasteiger partial charge on any atom is 0.423 e. The van der Waals surface area contributed by atoms with Gasteiger partial charge in [-0.25, -0.2) is 8.78 Å². The van der Waals surface area contributed by atoms with Crippen molar-refractivity contribution in [1.29, 1.82) is 0 Å². The smallest absolute Gasteiger partial charge is 0.382 e. The van der Waals surface area contributed by atoms with Crippen molar-refractivity contribution in [3.63, 3.8) is 0 Å². The molecule has 1 aliphatic carbocycles. The van der Waals surface area contributed by atoms with Gasteiger partial charge in [-0.15, -0.1) is 0 Å². The fourth-order valence-electron chi connectivity index (χ4n) is 2.32. The molecule has 1 saturated carbocycles. The molecule has 10 heteroatoms. The highest BCUT2D eigenvalue weighted by molar-refractivity contribution is 5.19. The molecule has 0 aromatic rings. The highest BCUT2D eigenvalue weighted by atomic mass is 19.4. The second-order valence-corrected chi connectivity index (χ2v) is 5.04. The van der Waals surface area contributed by atoms with Gasteiger partial charge in [-0.05, 0) is 6.42 Å². The van der Waals surface area contributed by atoms with Crippen LogP contribution in [0.1, 0.15) is 19.8 Å². The predicted molar refractivity (Wildman–Crippen MR) is 61.2 cm³/mol. The van der Waals surface area contributed by atoms with Gasteiger partial charge in [-0.2, -0.15) is 22.0 Å². The van der Waals surface area contributed by atoms with Gasteiger partial charge in [-0.3, -0.25) is 0 Å². The molecule has 0 aliphatic heterocycles. The topological polar surface area (TPSA) is 27.7 Å². The van der Waals surface area contributed by atoms with Gasteiger partial charge < -0.3 is 14.2 Å². The van der Waals surface area contributed by atoms with E-state index in [0.29, 0.717) is 0 Å². The molecule has 0 amide bonds. The van der Waals surface area contributed by atoms with E-state index in [2.05, 4.69) is 14.2 Å². The van der Waals surface area contributed by atoms with Crippen LogP contribution in [0.5, 0.6) is 0 Å². The summed E-state index contributed by atoms with van der Waals surface area (Å²) in [5.41, 5.74) is -7.59. The average Bonchev–Trinajstić information content (AvgIpc) is 2.58. The minimum atomic E-state index is -5.67. The van der Waals surface area contributed by atoms with E-state index in [1.54, 1.807) is 0 Å². The van der Waals surface area contributed by atoms with Gasteiger partial charge in [0, 0.05) is 13.5 Å². The van der Waals surface area contributed by atoms with Crippen LogP contribution < -0.4 is 0 Å². The molecule has 3 unspecified atom stereocenters. The fraction of sp³-hybridized carbons (Fsp3) is 1.00. The quantitative estimate of drug-likeness (QED) is 0.403. The number of rotatable bonds is 7. The van der Waals surface area contributed by atoms with E-state index < -0.39 is 49.2 Å². The first kappa shape index (κ1) is 19.4. The molecule has 132 valence electrons. The van der Waals surface area contributed by atoms with E-state index in [-0.39, 0.29) is 13.2 Å². The summed E-state index contributed by atoms with van der Waals surface area (Å²) in [6, 6.07) is 0. The van der Waals surface area contributed by atoms with E-state index in [1.807, 2.05) is 0 Å². The van der Waals surface area contributed by atoms with Gasteiger partial charge in [0.15, 0.2) is 5.67 Å². The molecule has 0 saturated heterocycles. The minimum absolute atomic E-state index is 0.00743. The normalized spacial score (nSPS) is 35.0. The van der Waals surface area contributed by atoms with Crippen molar-refractivity contribution in [3.8, 4) is 0 Å². The van der Waals surface area contributed by atoms with E-state index in [9.17, 15) is 30.7 Å². The molecule has 0 aromatic carbocycles. The second kappa shape index (κ2) is 6.48. The molecule has 0 N–H and O–H groups in total. The zero-order valence-electron chi connectivity index (χ0n) is 12.0. The second-order valence-electron chi connectivity index (χ2n) is 5.04. The van der Waals surface area contributed by atoms with Crippen LogP contribution in [-0.4, -0.2) is 56.7 Å². The van der Waals surface area contributed by atoms with Gasteiger partial charge >= 0.3 is 12.1 Å². The van der Waals surface area contributed by atoms with Crippen LogP contribution in [0, 0.1) is 0 Å². The van der Waals surface area contributed by atoms with Crippen LogP contribution in [-0.2, 0) is 14.2 Å². The summed E-state index contributed by atoms with van der Waals surface area (Å²) >= 11 is 0. The van der Waals surface area contributed by atoms with Crippen molar-refractivity contribution in [2.45, 2.75) is 49.3 Å². The molecule has 3 atom stereocenters. The summed E-state index contributed by atoms with van der Waals surface area (Å²) in [6.45, 7) is -0.425. The summed E-state index contributed by atoms with van der Waals surface area (Å²) in [5.74, 6) is -5.07. The minimum Gasteiger partial charge on any atom is -0.382 e. The molecule has 0 heterocycles. The molecule has 1 aliphatic rings. The monoisotopic (exact) mass is 342 g/mol. The highest BCUT2D eigenvalue weighted by Gasteiger charge is 2.83. The number of alkyl halides is 7. The van der Waals surface area contributed by atoms with E-state index in [0.717, 1.165) is 6.92 Å². The zero-order chi connectivity index (χ0) is 17.2. The zero-order valence-corrected chi connectivity index (χ0v) is 12.0. The highest BCUT2D eigenvalue weighted by Crippen LogP contribution is 2.61. The Hall–Kier alpha value is -0.610. The Morgan fingerprint density at radius 3 is 2.14 bits per heavy atom. The Balaban J connectivity index is 3.02. The lowest BCUT2D eigenvalue weighted by Crippen LogP contribution is -2.59. The van der Waals surface area contributed by atoms with Crippen LogP contribution in [0.3, 0.4) is 0 Å². The van der Waals surface area contributed by atoms with Gasteiger partial charge in [0.2, 0.25) is 11.8 Å². The first-order valence-electron chi connectivity index (χ1n) is 6.46. The molecular formula is C12H17F7O3. The Labute approximate surface area is 122 Å². The molecule has 0 radical (unpaired) electrons. The third-order valence-electron chi connectivity index (χ3n) is 3.72. The molecule has 0 spiro atoms. The summed E-state index contributed by atoms with van der Waals surface area (Å²) in [6.07, 6.45) is -12.0. The molecule has 1 rings (SSSR count). The largest absolute Gasteiger partial charge is 0.423 e. The summed E-state index contributed by atoms with van der Waals surface area (Å²) in [7, 11) is 1.29. The molecule has 1 fully saturated rings. The van der Waals surface area contributed by atoms with Crippen molar-refractivity contribution < 1.29 is 44.9 Å². The Kier molecular flexibility index (Phi) is 5.73. The van der Waals surface area contributed by atoms with Crippen molar-refractivity contribution in [2.24, 2.45) is 0 Å². The number of methoxy groups -OCH3 is 1. The lowest BCUT2D eigenvalue weighted by atomic mass is 9.95. The van der Waals surface area contributed by atoms with Crippen LogP contribution in [0.25, 0.3) is 0 Å². The first-order valence-corrected chi connectivity index (χ1v) is 6.46. The standard InChI is InChI=1S/C12H17F7O3/c1-3-9(14)6-10(12(17,18)19,11(15,16)8(9)13)22-7-21-5-4-20-2/h8H,3-7H2,1-2H3. The van der Waals surface area contributed by atoms with E-state index in [1.165, 1.54) is 7.11 Å². The van der Waals surface area contributed by atoms with E-state index in [4.69, 9.17) is 0 Å². The van der Waals surface area contributed by atoms with Crippen LogP contribution in [0.15, 0.2) is 0 Å². The van der Waals surface area contributed by atoms with Crippen molar-refractivity contribution in [2.75, 3.05) is 27.1 Å². The van der Waals surface area contributed by atoms with E-state index >= 15 is 0 Å². The van der Waals surface area contributed by atoms with Crippen molar-refractivity contribution in [3.05, 3.63) is 0 Å². The maximum absolute atomic E-state index is 14.1. The Morgan fingerprint density at radius 2 is 1.73 bits per heavy atom. The number of hydrogen-bond donors (Lipinski definition) is 0. The fourth-order valence-corrected chi connectivity index (χ4v) is 2.32. The van der Waals surface area contributed by atoms with Crippen molar-refractivity contribution >= 4 is 0 Å². The maximum atomic E-state index is 14.1. The van der Waals surface area contributed by atoms with Gasteiger partial charge in [-0.1, -0.05) is 6.92 Å². The Bertz CT molecular complexity index is 376. The molecular weight excluding hydrogens is 325 g/mol. The van der Waals surface area contributed by atoms with Crippen LogP contribution in [0.2, 0.25) is 0 Å². The summed E-state index contributed by atoms with van der Waals surface area (Å²) in [4.78, 5) is 0. The Morgan fingerprint density at radius 1 is 1.14 bits per heavy atom. The first-order chi connectivity index (χ1) is 9.98. The SMILES string of the molecule is CCC1(F)CC(OCOCCOC)(C(F)(F)F)C(F)(F)C1F. The lowest BCUT2D eigenvalue weighted by Gasteiger charge is -2.36. The van der Waals surface area contributed by atoms with Crippen LogP contribution >= 0.6 is 0 Å². The van der Waals surface area contributed by atoms with Gasteiger partial charge in [0.05, 0.1) is 13.2 Å².